The maximum atomic E-state index is 9.66. The van der Waals surface area contributed by atoms with E-state index in [0.717, 1.165) is 0 Å². The van der Waals surface area contributed by atoms with E-state index in [1.54, 1.807) is 24.3 Å². The number of hydrogen-bond acceptors (Lipinski definition) is 3. The molecule has 0 spiro atoms. The number of hydrogen-bond donors (Lipinski definition) is 2. The predicted octanol–water partition coefficient (Wildman–Crippen LogP) is 2.28. The van der Waals surface area contributed by atoms with Gasteiger partial charge in [0.25, 0.3) is 0 Å². The average molecular weight is 205 g/mol. The number of rotatable bonds is 5. The summed E-state index contributed by atoms with van der Waals surface area (Å²) < 4.78 is 0. The number of benzene rings is 1. The molecule has 0 aromatic heterocycles. The van der Waals surface area contributed by atoms with Crippen molar-refractivity contribution >= 4 is 5.69 Å². The van der Waals surface area contributed by atoms with Crippen molar-refractivity contribution in [2.24, 2.45) is 0 Å². The summed E-state index contributed by atoms with van der Waals surface area (Å²) in [5.41, 5.74) is 0.579. The predicted molar refractivity (Wildman–Crippen MR) is 62.4 cm³/mol. The van der Waals surface area contributed by atoms with Gasteiger partial charge < -0.3 is 15.1 Å². The first kappa shape index (κ1) is 11.2. The van der Waals surface area contributed by atoms with Crippen LogP contribution in [-0.2, 0) is 0 Å². The molecule has 0 aliphatic heterocycles. The van der Waals surface area contributed by atoms with Gasteiger partial charge in [-0.05, 0) is 12.1 Å². The van der Waals surface area contributed by atoms with E-state index in [1.165, 1.54) is 6.07 Å². The summed E-state index contributed by atoms with van der Waals surface area (Å²) in [6, 6.07) is 4.87. The minimum Gasteiger partial charge on any atom is -0.504 e. The second kappa shape index (κ2) is 5.10. The van der Waals surface area contributed by atoms with Crippen LogP contribution in [0.3, 0.4) is 0 Å². The number of nitrogens with zero attached hydrogens (tertiary/aromatic N) is 1. The second-order valence-corrected chi connectivity index (χ2v) is 3.13. The Bertz CT molecular complexity index is 351. The average Bonchev–Trinajstić information content (AvgIpc) is 2.22. The van der Waals surface area contributed by atoms with Crippen LogP contribution in [-0.4, -0.2) is 23.3 Å². The van der Waals surface area contributed by atoms with Gasteiger partial charge in [0.2, 0.25) is 0 Å². The van der Waals surface area contributed by atoms with Crippen molar-refractivity contribution in [1.29, 1.82) is 0 Å². The van der Waals surface area contributed by atoms with E-state index >= 15 is 0 Å². The minimum atomic E-state index is -0.120. The van der Waals surface area contributed by atoms with E-state index in [-0.39, 0.29) is 11.5 Å². The van der Waals surface area contributed by atoms with Crippen LogP contribution in [0.1, 0.15) is 0 Å². The van der Waals surface area contributed by atoms with Gasteiger partial charge in [0, 0.05) is 13.1 Å². The van der Waals surface area contributed by atoms with Crippen molar-refractivity contribution < 1.29 is 10.2 Å². The Kier molecular flexibility index (Phi) is 3.80. The monoisotopic (exact) mass is 205 g/mol. The Morgan fingerprint density at radius 2 is 1.73 bits per heavy atom. The van der Waals surface area contributed by atoms with Crippen molar-refractivity contribution in [3.63, 3.8) is 0 Å². The number of phenols is 2. The topological polar surface area (TPSA) is 43.7 Å². The fourth-order valence-corrected chi connectivity index (χ4v) is 1.36. The molecule has 1 rings (SSSR count). The quantitative estimate of drug-likeness (QED) is 0.572. The summed E-state index contributed by atoms with van der Waals surface area (Å²) in [5.74, 6) is -0.230. The fraction of sp³-hybridized carbons (Fsp3) is 0.167. The van der Waals surface area contributed by atoms with Gasteiger partial charge in [0.1, 0.15) is 0 Å². The highest BCUT2D eigenvalue weighted by Gasteiger charge is 2.10. The van der Waals surface area contributed by atoms with Crippen molar-refractivity contribution in [1.82, 2.24) is 0 Å². The number of phenolic OH excluding ortho intramolecular Hbond substituents is 2. The third-order valence-corrected chi connectivity index (χ3v) is 2.03. The van der Waals surface area contributed by atoms with Gasteiger partial charge in [-0.1, -0.05) is 18.2 Å². The summed E-state index contributed by atoms with van der Waals surface area (Å²) in [4.78, 5) is 1.86. The maximum absolute atomic E-state index is 9.66. The van der Waals surface area contributed by atoms with Crippen LogP contribution in [0.2, 0.25) is 0 Å². The zero-order chi connectivity index (χ0) is 11.3. The Morgan fingerprint density at radius 1 is 1.13 bits per heavy atom. The van der Waals surface area contributed by atoms with Gasteiger partial charge in [-0.3, -0.25) is 0 Å². The van der Waals surface area contributed by atoms with E-state index in [2.05, 4.69) is 13.2 Å². The molecular formula is C12H15NO2. The molecule has 15 heavy (non-hydrogen) atoms. The third kappa shape index (κ3) is 2.53. The molecule has 0 radical (unpaired) electrons. The van der Waals surface area contributed by atoms with Crippen LogP contribution in [0, 0.1) is 0 Å². The zero-order valence-electron chi connectivity index (χ0n) is 8.56. The molecule has 3 nitrogen and oxygen atoms in total. The Balaban J connectivity index is 3.04. The molecule has 0 aliphatic rings. The number of aromatic hydroxyl groups is 2. The van der Waals surface area contributed by atoms with E-state index in [9.17, 15) is 10.2 Å². The van der Waals surface area contributed by atoms with Crippen molar-refractivity contribution in [2.75, 3.05) is 18.0 Å². The Labute approximate surface area is 89.6 Å². The van der Waals surface area contributed by atoms with Gasteiger partial charge in [0.05, 0.1) is 5.69 Å². The lowest BCUT2D eigenvalue weighted by Crippen LogP contribution is -2.23. The minimum absolute atomic E-state index is 0.110. The van der Waals surface area contributed by atoms with Gasteiger partial charge in [-0.15, -0.1) is 13.2 Å². The Hall–Kier alpha value is -1.90. The fourth-order valence-electron chi connectivity index (χ4n) is 1.36. The van der Waals surface area contributed by atoms with Crippen molar-refractivity contribution in [3.8, 4) is 11.5 Å². The summed E-state index contributed by atoms with van der Waals surface area (Å²) in [6.07, 6.45) is 3.46. The molecule has 0 amide bonds. The number of anilines is 1. The van der Waals surface area contributed by atoms with E-state index < -0.39 is 0 Å². The van der Waals surface area contributed by atoms with Crippen molar-refractivity contribution in [3.05, 3.63) is 43.5 Å². The van der Waals surface area contributed by atoms with E-state index in [4.69, 9.17) is 0 Å². The standard InChI is InChI=1S/C12H15NO2/c1-3-8-13(9-4-2)10-6-5-7-11(14)12(10)15/h3-7,14-15H,1-2,8-9H2. The lowest BCUT2D eigenvalue weighted by molar-refractivity contribution is 0.404. The second-order valence-electron chi connectivity index (χ2n) is 3.13. The normalized spacial score (nSPS) is 9.60. The van der Waals surface area contributed by atoms with Gasteiger partial charge in [-0.2, -0.15) is 0 Å². The first-order valence-electron chi connectivity index (χ1n) is 4.68. The molecule has 1 aromatic rings. The molecular weight excluding hydrogens is 190 g/mol. The molecule has 3 heteroatoms. The zero-order valence-corrected chi connectivity index (χ0v) is 8.56. The van der Waals surface area contributed by atoms with Crippen LogP contribution in [0.5, 0.6) is 11.5 Å². The molecule has 1 aromatic carbocycles. The summed E-state index contributed by atoms with van der Waals surface area (Å²) >= 11 is 0. The Morgan fingerprint density at radius 3 is 2.27 bits per heavy atom. The van der Waals surface area contributed by atoms with Crippen LogP contribution in [0.15, 0.2) is 43.5 Å². The molecule has 0 bridgehead atoms. The van der Waals surface area contributed by atoms with Crippen molar-refractivity contribution in [2.45, 2.75) is 0 Å². The van der Waals surface area contributed by atoms with E-state index in [1.807, 2.05) is 4.90 Å². The molecule has 0 saturated carbocycles. The highest BCUT2D eigenvalue weighted by atomic mass is 16.3. The van der Waals surface area contributed by atoms with Gasteiger partial charge >= 0.3 is 0 Å². The molecule has 0 atom stereocenters. The lowest BCUT2D eigenvalue weighted by Gasteiger charge is -2.22. The van der Waals surface area contributed by atoms with E-state index in [0.29, 0.717) is 18.8 Å². The van der Waals surface area contributed by atoms with Crippen LogP contribution in [0.25, 0.3) is 0 Å². The van der Waals surface area contributed by atoms with Crippen LogP contribution >= 0.6 is 0 Å². The van der Waals surface area contributed by atoms with Crippen LogP contribution in [0.4, 0.5) is 5.69 Å². The van der Waals surface area contributed by atoms with Gasteiger partial charge in [-0.25, -0.2) is 0 Å². The summed E-state index contributed by atoms with van der Waals surface area (Å²) in [7, 11) is 0. The first-order valence-corrected chi connectivity index (χ1v) is 4.68. The SMILES string of the molecule is C=CCN(CC=C)c1cccc(O)c1O. The molecule has 0 aliphatic carbocycles. The molecule has 80 valence electrons. The lowest BCUT2D eigenvalue weighted by atomic mass is 10.2. The molecule has 0 unspecified atom stereocenters. The third-order valence-electron chi connectivity index (χ3n) is 2.03. The molecule has 2 N–H and O–H groups in total. The molecule has 0 saturated heterocycles. The maximum Gasteiger partial charge on any atom is 0.181 e. The largest absolute Gasteiger partial charge is 0.504 e. The molecule has 0 fully saturated rings. The smallest absolute Gasteiger partial charge is 0.181 e. The summed E-state index contributed by atoms with van der Waals surface area (Å²) in [5, 5.41) is 19.0. The van der Waals surface area contributed by atoms with Gasteiger partial charge in [0.15, 0.2) is 11.5 Å². The summed E-state index contributed by atoms with van der Waals surface area (Å²) in [6.45, 7) is 8.45. The number of para-hydroxylation sites is 1. The first-order chi connectivity index (χ1) is 7.20. The molecule has 0 heterocycles. The van der Waals surface area contributed by atoms with Crippen LogP contribution < -0.4 is 4.90 Å². The highest BCUT2D eigenvalue weighted by Crippen LogP contribution is 2.35. The highest BCUT2D eigenvalue weighted by molar-refractivity contribution is 5.63.